The average Bonchev–Trinajstić information content (AvgIpc) is 3.42. The molecule has 0 aliphatic rings. The van der Waals surface area contributed by atoms with Crippen LogP contribution in [0.25, 0.3) is 37.9 Å². The first-order valence-corrected chi connectivity index (χ1v) is 9.68. The van der Waals surface area contributed by atoms with Crippen molar-refractivity contribution in [3.63, 3.8) is 0 Å². The number of rotatable bonds is 3. The Hall–Kier alpha value is -2.76. The smallest absolute Gasteiger partial charge is 0.234 e. The van der Waals surface area contributed by atoms with E-state index < -0.39 is 0 Å². The second-order valence-corrected chi connectivity index (χ2v) is 7.51. The highest BCUT2D eigenvalue weighted by Crippen LogP contribution is 2.37. The Balaban J connectivity index is 1.81. The number of imidazole rings is 1. The third-order valence-corrected chi connectivity index (χ3v) is 5.90. The summed E-state index contributed by atoms with van der Waals surface area (Å²) in [6.45, 7) is 0. The van der Waals surface area contributed by atoms with E-state index in [0.717, 1.165) is 22.2 Å². The van der Waals surface area contributed by atoms with Gasteiger partial charge in [0.2, 0.25) is 5.95 Å². The van der Waals surface area contributed by atoms with Crippen LogP contribution in [0.5, 0.6) is 0 Å². The summed E-state index contributed by atoms with van der Waals surface area (Å²) < 4.78 is 1.95. The van der Waals surface area contributed by atoms with Crippen LogP contribution in [-0.4, -0.2) is 4.98 Å². The van der Waals surface area contributed by atoms with Crippen LogP contribution in [0.1, 0.15) is 0 Å². The highest BCUT2D eigenvalue weighted by atomic mass is 32.1. The molecule has 0 amide bonds. The van der Waals surface area contributed by atoms with Gasteiger partial charge in [-0.15, -0.1) is 22.7 Å². The molecule has 5 aromatic rings. The first kappa shape index (κ1) is 14.6. The molecular formula is C20H13N3S2. The van der Waals surface area contributed by atoms with Gasteiger partial charge in [-0.2, -0.15) is 0 Å². The molecule has 0 aliphatic heterocycles. The van der Waals surface area contributed by atoms with Crippen molar-refractivity contribution in [3.05, 3.63) is 77.8 Å². The fourth-order valence-electron chi connectivity index (χ4n) is 2.94. The lowest BCUT2D eigenvalue weighted by atomic mass is 10.1. The lowest BCUT2D eigenvalue weighted by Crippen LogP contribution is -2.31. The number of fused-ring (bicyclic) bond motifs is 1. The molecule has 4 heterocycles. The molecule has 0 bridgehead atoms. The molecule has 0 radical (unpaired) electrons. The Kier molecular flexibility index (Phi) is 3.47. The third kappa shape index (κ3) is 2.49. The van der Waals surface area contributed by atoms with Crippen LogP contribution in [0.2, 0.25) is 0 Å². The van der Waals surface area contributed by atoms with E-state index in [0.29, 0.717) is 5.95 Å². The van der Waals surface area contributed by atoms with E-state index in [1.807, 2.05) is 35.2 Å². The van der Waals surface area contributed by atoms with Gasteiger partial charge in [-0.25, -0.2) is 9.97 Å². The van der Waals surface area contributed by atoms with Gasteiger partial charge >= 0.3 is 0 Å². The van der Waals surface area contributed by atoms with Crippen LogP contribution in [0.3, 0.4) is 0 Å². The number of aromatic nitrogens is 3. The van der Waals surface area contributed by atoms with E-state index in [4.69, 9.17) is 9.97 Å². The molecule has 120 valence electrons. The normalized spacial score (nSPS) is 11.2. The predicted molar refractivity (Wildman–Crippen MR) is 103 cm³/mol. The maximum atomic E-state index is 4.87. The lowest BCUT2D eigenvalue weighted by molar-refractivity contribution is -0.603. The van der Waals surface area contributed by atoms with Gasteiger partial charge in [0.1, 0.15) is 11.0 Å². The van der Waals surface area contributed by atoms with E-state index in [2.05, 4.69) is 47.2 Å². The molecule has 0 spiro atoms. The summed E-state index contributed by atoms with van der Waals surface area (Å²) in [6, 6.07) is 18.7. The first-order chi connectivity index (χ1) is 12.4. The van der Waals surface area contributed by atoms with E-state index in [1.54, 1.807) is 22.7 Å². The lowest BCUT2D eigenvalue weighted by Gasteiger charge is -2.03. The van der Waals surface area contributed by atoms with Crippen molar-refractivity contribution in [2.24, 2.45) is 0 Å². The molecule has 0 fully saturated rings. The largest absolute Gasteiger partial charge is 0.293 e. The zero-order valence-electron chi connectivity index (χ0n) is 13.2. The molecule has 5 rings (SSSR count). The standard InChI is InChI=1S/C20H13N3S2/c1-2-10-23(11-3-1)20-21-18-14(16-6-4-12-24-16)8-9-15(19(18)22-20)17-7-5-13-25-17/h1-13H. The fraction of sp³-hybridized carbons (Fsp3) is 0. The molecule has 5 heteroatoms. The summed E-state index contributed by atoms with van der Waals surface area (Å²) in [5, 5.41) is 4.19. The summed E-state index contributed by atoms with van der Waals surface area (Å²) in [6.07, 6.45) is 3.95. The molecule has 0 N–H and O–H groups in total. The van der Waals surface area contributed by atoms with Crippen LogP contribution in [-0.2, 0) is 0 Å². The fourth-order valence-corrected chi connectivity index (χ4v) is 4.44. The van der Waals surface area contributed by atoms with Gasteiger partial charge in [0.15, 0.2) is 0 Å². The molecular weight excluding hydrogens is 346 g/mol. The minimum atomic E-state index is 0.706. The zero-order valence-corrected chi connectivity index (χ0v) is 14.8. The topological polar surface area (TPSA) is 30.9 Å². The van der Waals surface area contributed by atoms with Crippen molar-refractivity contribution in [2.75, 3.05) is 0 Å². The Morgan fingerprint density at radius 1 is 0.760 bits per heavy atom. The summed E-state index contributed by atoms with van der Waals surface area (Å²) in [7, 11) is 0. The van der Waals surface area contributed by atoms with Crippen molar-refractivity contribution in [3.8, 4) is 26.8 Å². The molecule has 0 atom stereocenters. The van der Waals surface area contributed by atoms with Crippen LogP contribution in [0.15, 0.2) is 77.8 Å². The van der Waals surface area contributed by atoms with E-state index >= 15 is 0 Å². The van der Waals surface area contributed by atoms with Gasteiger partial charge < -0.3 is 0 Å². The van der Waals surface area contributed by atoms with Crippen molar-refractivity contribution < 1.29 is 4.57 Å². The summed E-state index contributed by atoms with van der Waals surface area (Å²) in [4.78, 5) is 12.2. The molecule has 4 aromatic heterocycles. The maximum Gasteiger partial charge on any atom is 0.234 e. The van der Waals surface area contributed by atoms with Crippen molar-refractivity contribution in [1.29, 1.82) is 0 Å². The monoisotopic (exact) mass is 359 g/mol. The van der Waals surface area contributed by atoms with Crippen molar-refractivity contribution in [1.82, 2.24) is 9.97 Å². The highest BCUT2D eigenvalue weighted by molar-refractivity contribution is 7.14. The van der Waals surface area contributed by atoms with Gasteiger partial charge in [-0.05, 0) is 35.0 Å². The minimum Gasteiger partial charge on any atom is -0.293 e. The van der Waals surface area contributed by atoms with Crippen molar-refractivity contribution in [2.45, 2.75) is 0 Å². The van der Waals surface area contributed by atoms with E-state index in [9.17, 15) is 0 Å². The minimum absolute atomic E-state index is 0.706. The SMILES string of the molecule is c1cc[n+](-c2nc3c(-c4cccs4)ccc(-c4cccs4)c3[n-]2)cc1. The number of pyridine rings is 1. The number of benzene rings is 1. The molecule has 3 nitrogen and oxygen atoms in total. The molecule has 0 saturated carbocycles. The molecule has 25 heavy (non-hydrogen) atoms. The Bertz CT molecular complexity index is 1050. The van der Waals surface area contributed by atoms with E-state index in [-0.39, 0.29) is 0 Å². The Morgan fingerprint density at radius 3 is 2.12 bits per heavy atom. The number of thiophene rings is 2. The second kappa shape index (κ2) is 5.95. The second-order valence-electron chi connectivity index (χ2n) is 5.62. The van der Waals surface area contributed by atoms with E-state index in [1.165, 1.54) is 9.75 Å². The quantitative estimate of drug-likeness (QED) is 0.428. The highest BCUT2D eigenvalue weighted by Gasteiger charge is 2.16. The summed E-state index contributed by atoms with van der Waals surface area (Å²) in [5.74, 6) is 0.706. The predicted octanol–water partition coefficient (Wildman–Crippen LogP) is 4.93. The zero-order chi connectivity index (χ0) is 16.6. The third-order valence-electron chi connectivity index (χ3n) is 4.09. The van der Waals surface area contributed by atoms with Crippen LogP contribution >= 0.6 is 22.7 Å². The average molecular weight is 359 g/mol. The maximum absolute atomic E-state index is 4.87. The molecule has 1 aromatic carbocycles. The van der Waals surface area contributed by atoms with Gasteiger partial charge in [-0.3, -0.25) is 4.57 Å². The van der Waals surface area contributed by atoms with Crippen LogP contribution in [0, 0.1) is 0 Å². The van der Waals surface area contributed by atoms with Crippen LogP contribution in [0.4, 0.5) is 0 Å². The van der Waals surface area contributed by atoms with Gasteiger partial charge in [-0.1, -0.05) is 30.3 Å². The molecule has 0 aliphatic carbocycles. The Labute approximate surface area is 152 Å². The van der Waals surface area contributed by atoms with Crippen LogP contribution < -0.4 is 9.55 Å². The Morgan fingerprint density at radius 2 is 1.44 bits per heavy atom. The van der Waals surface area contributed by atoms with Gasteiger partial charge in [0.25, 0.3) is 0 Å². The first-order valence-electron chi connectivity index (χ1n) is 7.92. The molecule has 0 unspecified atom stereocenters. The van der Waals surface area contributed by atoms with Crippen molar-refractivity contribution >= 4 is 33.7 Å². The van der Waals surface area contributed by atoms with Gasteiger partial charge in [0.05, 0.1) is 0 Å². The number of hydrogen-bond acceptors (Lipinski definition) is 3. The number of hydrogen-bond donors (Lipinski definition) is 0. The summed E-state index contributed by atoms with van der Waals surface area (Å²) >= 11 is 3.45. The number of nitrogens with zero attached hydrogens (tertiary/aromatic N) is 3. The summed E-state index contributed by atoms with van der Waals surface area (Å²) in [5.41, 5.74) is 4.19. The van der Waals surface area contributed by atoms with Gasteiger partial charge in [0, 0.05) is 33.3 Å². The molecule has 0 saturated heterocycles.